The van der Waals surface area contributed by atoms with Crippen LogP contribution in [0.1, 0.15) is 25.7 Å². The number of carbonyl (C=O) groups excluding carboxylic acids is 1. The first-order valence-electron chi connectivity index (χ1n) is 8.06. The molecule has 5 nitrogen and oxygen atoms in total. The third-order valence-electron chi connectivity index (χ3n) is 5.65. The predicted octanol–water partition coefficient (Wildman–Crippen LogP) is 3.23. The number of anilines is 2. The Labute approximate surface area is 130 Å². The zero-order valence-electron chi connectivity index (χ0n) is 12.8. The minimum atomic E-state index is -0.444. The van der Waals surface area contributed by atoms with E-state index in [1.807, 2.05) is 18.2 Å². The van der Waals surface area contributed by atoms with Crippen LogP contribution in [0.2, 0.25) is 0 Å². The van der Waals surface area contributed by atoms with Crippen LogP contribution in [0.4, 0.5) is 16.2 Å². The molecule has 4 rings (SSSR count). The van der Waals surface area contributed by atoms with Crippen molar-refractivity contribution in [3.63, 3.8) is 0 Å². The first-order chi connectivity index (χ1) is 10.7. The van der Waals surface area contributed by atoms with Crippen LogP contribution in [-0.4, -0.2) is 32.0 Å². The Morgan fingerprint density at radius 3 is 2.91 bits per heavy atom. The lowest BCUT2D eigenvalue weighted by Gasteiger charge is -2.63. The molecule has 1 aromatic rings. The van der Waals surface area contributed by atoms with Gasteiger partial charge < -0.3 is 14.8 Å². The van der Waals surface area contributed by atoms with Gasteiger partial charge in [-0.25, -0.2) is 4.79 Å². The summed E-state index contributed by atoms with van der Waals surface area (Å²) in [7, 11) is 1.37. The van der Waals surface area contributed by atoms with Gasteiger partial charge in [-0.15, -0.1) is 0 Å². The van der Waals surface area contributed by atoms with Crippen molar-refractivity contribution in [3.8, 4) is 0 Å². The summed E-state index contributed by atoms with van der Waals surface area (Å²) in [6.07, 6.45) is 5.03. The van der Waals surface area contributed by atoms with E-state index < -0.39 is 6.09 Å². The number of hydrogen-bond acceptors (Lipinski definition) is 4. The molecule has 1 aromatic carbocycles. The van der Waals surface area contributed by atoms with Gasteiger partial charge in [-0.05, 0) is 37.5 Å². The van der Waals surface area contributed by atoms with Crippen LogP contribution in [0.5, 0.6) is 0 Å². The van der Waals surface area contributed by atoms with Gasteiger partial charge in [0.2, 0.25) is 0 Å². The van der Waals surface area contributed by atoms with E-state index in [-0.39, 0.29) is 0 Å². The van der Waals surface area contributed by atoms with Crippen molar-refractivity contribution >= 4 is 17.5 Å². The van der Waals surface area contributed by atoms with Gasteiger partial charge in [0.05, 0.1) is 13.2 Å². The van der Waals surface area contributed by atoms with E-state index in [4.69, 9.17) is 4.74 Å². The summed E-state index contributed by atoms with van der Waals surface area (Å²) in [6, 6.07) is 8.33. The summed E-state index contributed by atoms with van der Waals surface area (Å²) in [4.78, 5) is 11.3. The maximum atomic E-state index is 11.3. The summed E-state index contributed by atoms with van der Waals surface area (Å²) < 4.78 is 10.6. The lowest BCUT2D eigenvalue weighted by atomic mass is 9.46. The highest BCUT2D eigenvalue weighted by Gasteiger charge is 2.66. The largest absolute Gasteiger partial charge is 0.453 e. The fourth-order valence-corrected chi connectivity index (χ4v) is 4.49. The Balaban J connectivity index is 1.49. The van der Waals surface area contributed by atoms with Crippen molar-refractivity contribution < 1.29 is 14.3 Å². The fourth-order valence-electron chi connectivity index (χ4n) is 4.49. The maximum absolute atomic E-state index is 11.3. The first kappa shape index (κ1) is 13.9. The molecule has 3 aliphatic rings. The molecule has 2 N–H and O–H groups in total. The van der Waals surface area contributed by atoms with Gasteiger partial charge in [0.1, 0.15) is 0 Å². The highest BCUT2D eigenvalue weighted by atomic mass is 16.5. The molecule has 22 heavy (non-hydrogen) atoms. The summed E-state index contributed by atoms with van der Waals surface area (Å²) in [5.41, 5.74) is 2.15. The summed E-state index contributed by atoms with van der Waals surface area (Å²) >= 11 is 0. The average Bonchev–Trinajstić information content (AvgIpc) is 2.89. The Bertz CT molecular complexity index is 585. The summed E-state index contributed by atoms with van der Waals surface area (Å²) in [6.45, 7) is 0.902. The highest BCUT2D eigenvalue weighted by Crippen LogP contribution is 2.63. The molecule has 1 spiro atoms. The molecule has 2 aliphatic carbocycles. The van der Waals surface area contributed by atoms with Crippen molar-refractivity contribution in [2.24, 2.45) is 11.3 Å². The zero-order chi connectivity index (χ0) is 15.2. The molecule has 2 saturated carbocycles. The van der Waals surface area contributed by atoms with Crippen LogP contribution in [0.25, 0.3) is 0 Å². The van der Waals surface area contributed by atoms with E-state index in [1.165, 1.54) is 26.4 Å². The SMILES string of the molecule is COC(=O)Nc1cccc(N[C@@H]2[C@@H]3CCO[C@@H]3C23CCC3)c1. The summed E-state index contributed by atoms with van der Waals surface area (Å²) in [5, 5.41) is 6.41. The molecule has 0 unspecified atom stereocenters. The van der Waals surface area contributed by atoms with E-state index in [1.54, 1.807) is 0 Å². The zero-order valence-corrected chi connectivity index (χ0v) is 12.8. The normalized spacial score (nSPS) is 30.9. The quantitative estimate of drug-likeness (QED) is 0.900. The molecular formula is C17H22N2O3. The second-order valence-corrected chi connectivity index (χ2v) is 6.65. The maximum Gasteiger partial charge on any atom is 0.411 e. The van der Waals surface area contributed by atoms with Crippen molar-refractivity contribution in [1.82, 2.24) is 0 Å². The van der Waals surface area contributed by atoms with Gasteiger partial charge >= 0.3 is 6.09 Å². The third kappa shape index (κ3) is 1.99. The Morgan fingerprint density at radius 2 is 2.18 bits per heavy atom. The molecule has 118 valence electrons. The molecular weight excluding hydrogens is 280 g/mol. The number of rotatable bonds is 3. The van der Waals surface area contributed by atoms with Crippen LogP contribution in [-0.2, 0) is 9.47 Å². The van der Waals surface area contributed by atoms with Gasteiger partial charge in [-0.2, -0.15) is 0 Å². The molecule has 1 saturated heterocycles. The Hall–Kier alpha value is -1.75. The number of benzene rings is 1. The second-order valence-electron chi connectivity index (χ2n) is 6.65. The molecule has 1 aliphatic heterocycles. The number of amides is 1. The van der Waals surface area contributed by atoms with Crippen molar-refractivity contribution in [1.29, 1.82) is 0 Å². The number of fused-ring (bicyclic) bond motifs is 2. The molecule has 0 radical (unpaired) electrons. The number of carbonyl (C=O) groups is 1. The minimum absolute atomic E-state index is 0.354. The van der Waals surface area contributed by atoms with E-state index in [0.717, 1.165) is 24.4 Å². The van der Waals surface area contributed by atoms with Crippen molar-refractivity contribution in [2.45, 2.75) is 37.8 Å². The molecule has 0 aromatic heterocycles. The molecule has 3 fully saturated rings. The van der Waals surface area contributed by atoms with Gasteiger partial charge in [0.25, 0.3) is 0 Å². The number of ether oxygens (including phenoxy) is 2. The van der Waals surface area contributed by atoms with Gasteiger partial charge in [-0.1, -0.05) is 12.5 Å². The third-order valence-corrected chi connectivity index (χ3v) is 5.65. The molecule has 3 atom stereocenters. The van der Waals surface area contributed by atoms with E-state index in [2.05, 4.69) is 21.4 Å². The Morgan fingerprint density at radius 1 is 1.36 bits per heavy atom. The van der Waals surface area contributed by atoms with E-state index in [0.29, 0.717) is 23.5 Å². The standard InChI is InChI=1S/C17H22N2O3/c1-21-16(20)19-12-5-2-4-11(10-12)18-14-13-6-9-22-15(13)17(14)7-3-8-17/h2,4-5,10,13-15,18H,3,6-9H2,1H3,(H,19,20)/t13-,14+,15-/m0/s1. The average molecular weight is 302 g/mol. The van der Waals surface area contributed by atoms with Crippen LogP contribution in [0.15, 0.2) is 24.3 Å². The number of methoxy groups -OCH3 is 1. The topological polar surface area (TPSA) is 59.6 Å². The second kappa shape index (κ2) is 5.16. The van der Waals surface area contributed by atoms with E-state index >= 15 is 0 Å². The van der Waals surface area contributed by atoms with Gasteiger partial charge in [0, 0.05) is 35.4 Å². The highest BCUT2D eigenvalue weighted by molar-refractivity contribution is 5.85. The smallest absolute Gasteiger partial charge is 0.411 e. The lowest BCUT2D eigenvalue weighted by Crippen LogP contribution is -2.68. The molecule has 1 amide bonds. The van der Waals surface area contributed by atoms with Crippen molar-refractivity contribution in [2.75, 3.05) is 24.4 Å². The van der Waals surface area contributed by atoms with Crippen molar-refractivity contribution in [3.05, 3.63) is 24.3 Å². The monoisotopic (exact) mass is 302 g/mol. The minimum Gasteiger partial charge on any atom is -0.453 e. The number of hydrogen-bond donors (Lipinski definition) is 2. The fraction of sp³-hybridized carbons (Fsp3) is 0.588. The van der Waals surface area contributed by atoms with Crippen LogP contribution < -0.4 is 10.6 Å². The van der Waals surface area contributed by atoms with Crippen LogP contribution >= 0.6 is 0 Å². The number of nitrogens with one attached hydrogen (secondary N) is 2. The Kier molecular flexibility index (Phi) is 3.26. The molecule has 0 bridgehead atoms. The predicted molar refractivity (Wildman–Crippen MR) is 84.0 cm³/mol. The van der Waals surface area contributed by atoms with Gasteiger partial charge in [-0.3, -0.25) is 5.32 Å². The summed E-state index contributed by atoms with van der Waals surface area (Å²) in [5.74, 6) is 0.637. The van der Waals surface area contributed by atoms with Gasteiger partial charge in [0.15, 0.2) is 0 Å². The molecule has 5 heteroatoms. The molecule has 1 heterocycles. The first-order valence-corrected chi connectivity index (χ1v) is 8.06. The van der Waals surface area contributed by atoms with E-state index in [9.17, 15) is 4.79 Å². The lowest BCUT2D eigenvalue weighted by molar-refractivity contribution is -0.158. The van der Waals surface area contributed by atoms with Crippen LogP contribution in [0, 0.1) is 11.3 Å². The van der Waals surface area contributed by atoms with Crippen LogP contribution in [0.3, 0.4) is 0 Å².